The van der Waals surface area contributed by atoms with E-state index in [9.17, 15) is 13.0 Å². The minimum atomic E-state index is -4.20. The van der Waals surface area contributed by atoms with Crippen molar-refractivity contribution >= 4 is 40.7 Å². The fourth-order valence-electron chi connectivity index (χ4n) is 0.899. The highest BCUT2D eigenvalue weighted by Gasteiger charge is 2.23. The smallest absolute Gasteiger partial charge is 0.299 e. The van der Waals surface area contributed by atoms with E-state index >= 15 is 0 Å². The van der Waals surface area contributed by atoms with E-state index in [1.165, 1.54) is 12.1 Å². The van der Waals surface area contributed by atoms with E-state index in [2.05, 4.69) is 4.18 Å². The molecule has 5 nitrogen and oxygen atoms in total. The van der Waals surface area contributed by atoms with Crippen molar-refractivity contribution in [1.29, 1.82) is 0 Å². The van der Waals surface area contributed by atoms with Crippen molar-refractivity contribution < 1.29 is 22.1 Å². The molecule has 0 radical (unpaired) electrons. The summed E-state index contributed by atoms with van der Waals surface area (Å²) >= 11 is 11.3. The van der Waals surface area contributed by atoms with Crippen molar-refractivity contribution in [2.24, 2.45) is 0 Å². The van der Waals surface area contributed by atoms with E-state index in [0.717, 1.165) is 12.7 Å². The molecule has 1 unspecified atom stereocenters. The molecule has 17 heavy (non-hydrogen) atoms. The minimum absolute atomic E-state index is 0.0710. The third-order valence-electron chi connectivity index (χ3n) is 1.61. The summed E-state index contributed by atoms with van der Waals surface area (Å²) in [6, 6.07) is 3.82. The summed E-state index contributed by atoms with van der Waals surface area (Å²) in [5.41, 5.74) is 0. The van der Waals surface area contributed by atoms with Crippen molar-refractivity contribution in [3.05, 3.63) is 28.2 Å². The van der Waals surface area contributed by atoms with E-state index in [1.54, 1.807) is 0 Å². The van der Waals surface area contributed by atoms with Gasteiger partial charge in [-0.05, 0) is 18.2 Å². The van der Waals surface area contributed by atoms with Gasteiger partial charge < -0.3 is 4.89 Å². The maximum absolute atomic E-state index is 11.7. The Bertz CT molecular complexity index is 565. The number of halogens is 2. The molecule has 0 aliphatic rings. The lowest BCUT2D eigenvalue weighted by atomic mass is 10.4. The average molecular weight is 319 g/mol. The molecule has 0 aromatic heterocycles. The molecule has 1 atom stereocenters. The van der Waals surface area contributed by atoms with Gasteiger partial charge in [-0.15, -0.1) is 0 Å². The van der Waals surface area contributed by atoms with Crippen LogP contribution in [0.4, 0.5) is 0 Å². The van der Waals surface area contributed by atoms with Crippen molar-refractivity contribution in [2.75, 3.05) is 13.0 Å². The molecule has 1 aromatic carbocycles. The quantitative estimate of drug-likeness (QED) is 0.681. The fourth-order valence-corrected chi connectivity index (χ4v) is 3.58. The van der Waals surface area contributed by atoms with Crippen LogP contribution in [-0.4, -0.2) is 26.3 Å². The molecular weight excluding hydrogens is 310 g/mol. The Balaban J connectivity index is 3.06. The highest BCUT2D eigenvalue weighted by Crippen LogP contribution is 2.37. The summed E-state index contributed by atoms with van der Waals surface area (Å²) in [5.74, 6) is 0. The van der Waals surface area contributed by atoms with Crippen LogP contribution in [0.25, 0.3) is 0 Å². The molecule has 0 aliphatic carbocycles. The third kappa shape index (κ3) is 4.58. The van der Waals surface area contributed by atoms with E-state index in [-0.39, 0.29) is 14.9 Å². The summed E-state index contributed by atoms with van der Waals surface area (Å²) in [6.45, 7) is 0.988. The standard InChI is InChI=1S/C8H9Cl2O5PS/c1-16(11,12)5-15-17(13,14)8-4-6(9)2-3-7(8)10/h2-4H,5H2,1H3,(H,11,12). The second kappa shape index (κ2) is 5.26. The highest BCUT2D eigenvalue weighted by molar-refractivity contribution is 7.87. The van der Waals surface area contributed by atoms with Crippen LogP contribution < -0.4 is 0 Å². The maximum Gasteiger partial charge on any atom is 0.299 e. The molecule has 0 amide bonds. The lowest BCUT2D eigenvalue weighted by molar-refractivity contribution is 0.348. The molecule has 0 fully saturated rings. The van der Waals surface area contributed by atoms with Gasteiger partial charge in [-0.25, -0.2) is 0 Å². The average Bonchev–Trinajstić information content (AvgIpc) is 2.18. The monoisotopic (exact) mass is 318 g/mol. The van der Waals surface area contributed by atoms with E-state index in [1.807, 2.05) is 0 Å². The van der Waals surface area contributed by atoms with E-state index in [0.29, 0.717) is 0 Å². The van der Waals surface area contributed by atoms with Crippen LogP contribution >= 0.6 is 30.6 Å². The Hall–Kier alpha value is -0.100. The first-order valence-corrected chi connectivity index (χ1v) is 8.71. The van der Waals surface area contributed by atoms with Gasteiger partial charge in [0.05, 0.1) is 5.02 Å². The molecule has 1 N–H and O–H groups in total. The van der Waals surface area contributed by atoms with Crippen LogP contribution in [0.1, 0.15) is 0 Å². The van der Waals surface area contributed by atoms with Gasteiger partial charge in [-0.1, -0.05) is 23.2 Å². The molecule has 0 aliphatic heterocycles. The predicted octanol–water partition coefficient (Wildman–Crippen LogP) is 2.56. The van der Waals surface area contributed by atoms with Gasteiger partial charge in [0.1, 0.15) is 11.2 Å². The Morgan fingerprint density at radius 1 is 1.41 bits per heavy atom. The summed E-state index contributed by atoms with van der Waals surface area (Å²) in [5, 5.41) is 0.0959. The Morgan fingerprint density at radius 3 is 2.53 bits per heavy atom. The van der Waals surface area contributed by atoms with Gasteiger partial charge in [-0.3, -0.25) is 8.75 Å². The first-order chi connectivity index (χ1) is 7.62. The molecule has 0 saturated heterocycles. The number of benzene rings is 1. The normalized spacial score (nSPS) is 15.5. The topological polar surface area (TPSA) is 80.7 Å². The molecule has 0 spiro atoms. The van der Waals surface area contributed by atoms with Crippen molar-refractivity contribution in [2.45, 2.75) is 4.90 Å². The van der Waals surface area contributed by atoms with Crippen LogP contribution in [0.15, 0.2) is 23.1 Å². The molecule has 96 valence electrons. The van der Waals surface area contributed by atoms with Crippen LogP contribution in [0, 0.1) is 0 Å². The minimum Gasteiger partial charge on any atom is -0.343 e. The first-order valence-electron chi connectivity index (χ1n) is 4.25. The molecule has 1 aromatic rings. The molecule has 1 rings (SSSR count). The molecule has 0 saturated carbocycles. The Labute approximate surface area is 109 Å². The number of hydrogen-bond donors (Lipinski definition) is 1. The number of rotatable bonds is 4. The highest BCUT2D eigenvalue weighted by atomic mass is 35.5. The first kappa shape index (κ1) is 15.0. The summed E-state index contributed by atoms with van der Waals surface area (Å²) < 4.78 is 38.7. The summed E-state index contributed by atoms with van der Waals surface area (Å²) in [6.07, 6.45) is -0.807. The molecule has 0 heterocycles. The summed E-state index contributed by atoms with van der Waals surface area (Å²) in [7, 11) is -7.78. The van der Waals surface area contributed by atoms with E-state index in [4.69, 9.17) is 28.1 Å². The third-order valence-corrected chi connectivity index (χ3v) is 4.37. The maximum atomic E-state index is 11.7. The van der Waals surface area contributed by atoms with Gasteiger partial charge in [0.15, 0.2) is 0 Å². The van der Waals surface area contributed by atoms with E-state index < -0.39 is 23.8 Å². The van der Waals surface area contributed by atoms with Gasteiger partial charge in [0.25, 0.3) is 10.1 Å². The van der Waals surface area contributed by atoms with Crippen LogP contribution in [-0.2, 0) is 18.9 Å². The van der Waals surface area contributed by atoms with Gasteiger partial charge in [0, 0.05) is 11.7 Å². The van der Waals surface area contributed by atoms with Gasteiger partial charge in [-0.2, -0.15) is 8.42 Å². The van der Waals surface area contributed by atoms with Crippen LogP contribution in [0.2, 0.25) is 10.0 Å². The second-order valence-corrected chi connectivity index (χ2v) is 8.11. The van der Waals surface area contributed by atoms with Crippen LogP contribution in [0.3, 0.4) is 0 Å². The lowest BCUT2D eigenvalue weighted by Crippen LogP contribution is -2.08. The zero-order chi connectivity index (χ0) is 13.3. The van der Waals surface area contributed by atoms with Crippen molar-refractivity contribution in [3.8, 4) is 0 Å². The Morgan fingerprint density at radius 2 is 2.00 bits per heavy atom. The second-order valence-electron chi connectivity index (χ2n) is 3.33. The Kier molecular flexibility index (Phi) is 4.63. The van der Waals surface area contributed by atoms with Gasteiger partial charge in [0.2, 0.25) is 7.37 Å². The SMILES string of the molecule is CP(=O)(O)COS(=O)(=O)c1cc(Cl)ccc1Cl. The van der Waals surface area contributed by atoms with Crippen molar-refractivity contribution in [1.82, 2.24) is 0 Å². The predicted molar refractivity (Wildman–Crippen MR) is 65.3 cm³/mol. The zero-order valence-corrected chi connectivity index (χ0v) is 11.9. The fraction of sp³-hybridized carbons (Fsp3) is 0.250. The molecule has 0 bridgehead atoms. The molecule has 9 heteroatoms. The molecular formula is C8H9Cl2O5PS. The number of hydrogen-bond acceptors (Lipinski definition) is 4. The van der Waals surface area contributed by atoms with Crippen LogP contribution in [0.5, 0.6) is 0 Å². The van der Waals surface area contributed by atoms with Crippen molar-refractivity contribution in [3.63, 3.8) is 0 Å². The summed E-state index contributed by atoms with van der Waals surface area (Å²) in [4.78, 5) is 8.63. The largest absolute Gasteiger partial charge is 0.343 e. The van der Waals surface area contributed by atoms with Gasteiger partial charge >= 0.3 is 0 Å². The lowest BCUT2D eigenvalue weighted by Gasteiger charge is -2.09. The zero-order valence-electron chi connectivity index (χ0n) is 8.63.